The molecule has 0 saturated carbocycles. The van der Waals surface area contributed by atoms with Gasteiger partial charge < -0.3 is 4.52 Å². The Morgan fingerprint density at radius 1 is 1.32 bits per heavy atom. The molecule has 0 aliphatic carbocycles. The number of aromatic nitrogens is 4. The highest BCUT2D eigenvalue weighted by Gasteiger charge is 2.08. The van der Waals surface area contributed by atoms with Gasteiger partial charge in [-0.15, -0.1) is 0 Å². The first kappa shape index (κ1) is 11.6. The van der Waals surface area contributed by atoms with Gasteiger partial charge in [-0.2, -0.15) is 4.98 Å². The minimum atomic E-state index is -0.103. The number of para-hydroxylation sites is 1. The van der Waals surface area contributed by atoms with Crippen LogP contribution in [0.5, 0.6) is 0 Å². The molecule has 0 aliphatic rings. The van der Waals surface area contributed by atoms with Crippen LogP contribution in [0.1, 0.15) is 18.6 Å². The van der Waals surface area contributed by atoms with E-state index in [0.717, 1.165) is 0 Å². The average Bonchev–Trinajstić information content (AvgIpc) is 2.90. The molecule has 0 N–H and O–H groups in total. The Morgan fingerprint density at radius 3 is 2.95 bits per heavy atom. The van der Waals surface area contributed by atoms with Crippen molar-refractivity contribution in [2.75, 3.05) is 0 Å². The average molecular weight is 256 g/mol. The number of fused-ring (bicyclic) bond motifs is 1. The fourth-order valence-electron chi connectivity index (χ4n) is 1.87. The highest BCUT2D eigenvalue weighted by molar-refractivity contribution is 5.76. The Hall–Kier alpha value is -2.50. The maximum atomic E-state index is 12.2. The summed E-state index contributed by atoms with van der Waals surface area (Å²) in [6.07, 6.45) is 2.19. The minimum absolute atomic E-state index is 0.103. The third-order valence-corrected chi connectivity index (χ3v) is 2.86. The lowest BCUT2D eigenvalue weighted by Crippen LogP contribution is -2.21. The maximum Gasteiger partial charge on any atom is 0.261 e. The Morgan fingerprint density at radius 2 is 2.16 bits per heavy atom. The first-order valence-electron chi connectivity index (χ1n) is 6.03. The standard InChI is InChI=1S/C13H12N4O2/c1-2-12-15-11(16-19-12)7-17-8-14-10-6-4-3-5-9(10)13(17)18/h3-6,8H,2,7H2,1H3. The Balaban J connectivity index is 2.01. The van der Waals surface area contributed by atoms with Gasteiger partial charge in [0.25, 0.3) is 5.56 Å². The van der Waals surface area contributed by atoms with E-state index in [1.54, 1.807) is 6.07 Å². The van der Waals surface area contributed by atoms with Crippen LogP contribution in [0.4, 0.5) is 0 Å². The van der Waals surface area contributed by atoms with Gasteiger partial charge in [0.2, 0.25) is 5.89 Å². The van der Waals surface area contributed by atoms with Crippen LogP contribution in [-0.4, -0.2) is 19.7 Å². The van der Waals surface area contributed by atoms with Gasteiger partial charge in [0, 0.05) is 6.42 Å². The molecule has 3 aromatic rings. The molecule has 6 nitrogen and oxygen atoms in total. The lowest BCUT2D eigenvalue weighted by molar-refractivity contribution is 0.375. The molecule has 2 heterocycles. The normalized spacial score (nSPS) is 11.0. The van der Waals surface area contributed by atoms with Gasteiger partial charge >= 0.3 is 0 Å². The van der Waals surface area contributed by atoms with E-state index in [2.05, 4.69) is 15.1 Å². The molecule has 96 valence electrons. The van der Waals surface area contributed by atoms with Crippen molar-refractivity contribution in [1.29, 1.82) is 0 Å². The molecular formula is C13H12N4O2. The van der Waals surface area contributed by atoms with Crippen molar-refractivity contribution >= 4 is 10.9 Å². The molecular weight excluding hydrogens is 244 g/mol. The highest BCUT2D eigenvalue weighted by Crippen LogP contribution is 2.05. The van der Waals surface area contributed by atoms with Crippen LogP contribution in [0.15, 0.2) is 39.9 Å². The number of nitrogens with zero attached hydrogens (tertiary/aromatic N) is 4. The van der Waals surface area contributed by atoms with Gasteiger partial charge in [0.15, 0.2) is 5.82 Å². The molecule has 0 atom stereocenters. The number of aryl methyl sites for hydroxylation is 1. The minimum Gasteiger partial charge on any atom is -0.339 e. The molecule has 2 aromatic heterocycles. The maximum absolute atomic E-state index is 12.2. The zero-order chi connectivity index (χ0) is 13.2. The van der Waals surface area contributed by atoms with E-state index in [9.17, 15) is 4.79 Å². The van der Waals surface area contributed by atoms with E-state index in [-0.39, 0.29) is 12.1 Å². The van der Waals surface area contributed by atoms with E-state index >= 15 is 0 Å². The molecule has 0 unspecified atom stereocenters. The van der Waals surface area contributed by atoms with E-state index in [1.807, 2.05) is 25.1 Å². The third kappa shape index (κ3) is 2.12. The third-order valence-electron chi connectivity index (χ3n) is 2.86. The summed E-state index contributed by atoms with van der Waals surface area (Å²) in [5.74, 6) is 1.05. The van der Waals surface area contributed by atoms with E-state index in [1.165, 1.54) is 10.9 Å². The van der Waals surface area contributed by atoms with E-state index in [4.69, 9.17) is 4.52 Å². The van der Waals surface area contributed by atoms with Crippen LogP contribution in [0.3, 0.4) is 0 Å². The van der Waals surface area contributed by atoms with Crippen molar-refractivity contribution < 1.29 is 4.52 Å². The van der Waals surface area contributed by atoms with Crippen molar-refractivity contribution in [1.82, 2.24) is 19.7 Å². The van der Waals surface area contributed by atoms with Gasteiger partial charge in [-0.1, -0.05) is 24.2 Å². The second-order valence-corrected chi connectivity index (χ2v) is 4.15. The number of hydrogen-bond donors (Lipinski definition) is 0. The fourth-order valence-corrected chi connectivity index (χ4v) is 1.87. The number of rotatable bonds is 3. The monoisotopic (exact) mass is 256 g/mol. The number of hydrogen-bond acceptors (Lipinski definition) is 5. The second-order valence-electron chi connectivity index (χ2n) is 4.15. The summed E-state index contributed by atoms with van der Waals surface area (Å²) in [4.78, 5) is 20.7. The predicted molar refractivity (Wildman–Crippen MR) is 68.8 cm³/mol. The quantitative estimate of drug-likeness (QED) is 0.708. The molecule has 0 saturated heterocycles. The van der Waals surface area contributed by atoms with Crippen molar-refractivity contribution in [2.24, 2.45) is 0 Å². The van der Waals surface area contributed by atoms with Crippen LogP contribution in [0, 0.1) is 0 Å². The first-order chi connectivity index (χ1) is 9.28. The fraction of sp³-hybridized carbons (Fsp3) is 0.231. The second kappa shape index (κ2) is 4.64. The van der Waals surface area contributed by atoms with Crippen LogP contribution < -0.4 is 5.56 Å². The molecule has 3 rings (SSSR count). The molecule has 0 amide bonds. The van der Waals surface area contributed by atoms with Gasteiger partial charge in [0.1, 0.15) is 0 Å². The lowest BCUT2D eigenvalue weighted by atomic mass is 10.2. The summed E-state index contributed by atoms with van der Waals surface area (Å²) < 4.78 is 6.50. The van der Waals surface area contributed by atoms with Crippen molar-refractivity contribution in [3.05, 3.63) is 52.7 Å². The summed E-state index contributed by atoms with van der Waals surface area (Å²) in [6, 6.07) is 7.24. The summed E-state index contributed by atoms with van der Waals surface area (Å²) in [5, 5.41) is 4.42. The Bertz CT molecular complexity index is 775. The van der Waals surface area contributed by atoms with Crippen molar-refractivity contribution in [3.63, 3.8) is 0 Å². The van der Waals surface area contributed by atoms with Crippen LogP contribution >= 0.6 is 0 Å². The summed E-state index contributed by atoms with van der Waals surface area (Å²) in [7, 11) is 0. The topological polar surface area (TPSA) is 73.8 Å². The molecule has 0 bridgehead atoms. The van der Waals surface area contributed by atoms with E-state index in [0.29, 0.717) is 29.0 Å². The zero-order valence-corrected chi connectivity index (χ0v) is 10.4. The van der Waals surface area contributed by atoms with Gasteiger partial charge in [-0.3, -0.25) is 9.36 Å². The summed E-state index contributed by atoms with van der Waals surface area (Å²) in [6.45, 7) is 2.20. The largest absolute Gasteiger partial charge is 0.339 e. The molecule has 1 aromatic carbocycles. The summed E-state index contributed by atoms with van der Waals surface area (Å²) >= 11 is 0. The first-order valence-corrected chi connectivity index (χ1v) is 6.03. The molecule has 19 heavy (non-hydrogen) atoms. The Kier molecular flexibility index (Phi) is 2.83. The smallest absolute Gasteiger partial charge is 0.261 e. The van der Waals surface area contributed by atoms with Crippen LogP contribution in [0.2, 0.25) is 0 Å². The van der Waals surface area contributed by atoms with Gasteiger partial charge in [0.05, 0.1) is 23.8 Å². The molecule has 0 aliphatic heterocycles. The van der Waals surface area contributed by atoms with Crippen molar-refractivity contribution in [2.45, 2.75) is 19.9 Å². The van der Waals surface area contributed by atoms with Crippen LogP contribution in [-0.2, 0) is 13.0 Å². The SMILES string of the molecule is CCc1nc(Cn2cnc3ccccc3c2=O)no1. The molecule has 0 fully saturated rings. The van der Waals surface area contributed by atoms with Gasteiger partial charge in [-0.05, 0) is 12.1 Å². The molecule has 0 spiro atoms. The van der Waals surface area contributed by atoms with Crippen molar-refractivity contribution in [3.8, 4) is 0 Å². The summed E-state index contributed by atoms with van der Waals surface area (Å²) in [5.41, 5.74) is 0.583. The van der Waals surface area contributed by atoms with E-state index < -0.39 is 0 Å². The molecule has 6 heteroatoms. The van der Waals surface area contributed by atoms with Gasteiger partial charge in [-0.25, -0.2) is 4.98 Å². The highest BCUT2D eigenvalue weighted by atomic mass is 16.5. The Labute approximate surface area is 108 Å². The lowest BCUT2D eigenvalue weighted by Gasteiger charge is -2.03. The molecule has 0 radical (unpaired) electrons. The van der Waals surface area contributed by atoms with Crippen LogP contribution in [0.25, 0.3) is 10.9 Å². The predicted octanol–water partition coefficient (Wildman–Crippen LogP) is 1.39. The number of benzene rings is 1. The zero-order valence-electron chi connectivity index (χ0n) is 10.4.